The summed E-state index contributed by atoms with van der Waals surface area (Å²) >= 11 is 16.8. The van der Waals surface area contributed by atoms with Crippen LogP contribution in [0.15, 0.2) is 60.7 Å². The van der Waals surface area contributed by atoms with Gasteiger partial charge in [-0.05, 0) is 65.0 Å². The second kappa shape index (κ2) is 17.2. The fourth-order valence-electron chi connectivity index (χ4n) is 4.44. The van der Waals surface area contributed by atoms with Gasteiger partial charge in [-0.1, -0.05) is 47.5 Å². The molecule has 0 saturated carbocycles. The zero-order chi connectivity index (χ0) is 34.8. The summed E-state index contributed by atoms with van der Waals surface area (Å²) in [6.07, 6.45) is -0.454. The van der Waals surface area contributed by atoms with Crippen LogP contribution in [0.5, 0.6) is 11.5 Å². The standard InChI is InChI=1S/C19H17ClF2O4.C15H10Cl2F2O2/c1-3-26-18(24)10-16(23)13-8-12(17(25-2)9-15(13)21)7-11-5-4-6-14(20)19(11)22;1-21-13-7-12(18)10(15(17)20)6-9(13)5-8-3-2-4-11(16)14(8)19/h4-6,8-9H,3,7,10H2,1-2H3;2-4,6-7H,5H2,1H3. The molecule has 0 amide bonds. The Hall–Kier alpha value is -4.12. The molecule has 0 unspecified atom stereocenters. The maximum absolute atomic E-state index is 14.2. The first-order valence-corrected chi connectivity index (χ1v) is 14.9. The molecular weight excluding hydrogens is 687 g/mol. The van der Waals surface area contributed by atoms with E-state index in [0.717, 1.165) is 12.1 Å². The molecule has 4 aromatic rings. The number of methoxy groups -OCH3 is 2. The van der Waals surface area contributed by atoms with Crippen molar-refractivity contribution < 1.29 is 46.2 Å². The number of ether oxygens (including phenoxy) is 3. The third-order valence-electron chi connectivity index (χ3n) is 6.69. The molecule has 0 radical (unpaired) electrons. The Balaban J connectivity index is 0.000000261. The van der Waals surface area contributed by atoms with Crippen LogP contribution in [-0.2, 0) is 22.4 Å². The zero-order valence-corrected chi connectivity index (χ0v) is 27.5. The predicted octanol–water partition coefficient (Wildman–Crippen LogP) is 8.95. The molecule has 4 aromatic carbocycles. The van der Waals surface area contributed by atoms with Crippen molar-refractivity contribution >= 4 is 51.8 Å². The van der Waals surface area contributed by atoms with Crippen molar-refractivity contribution in [1.29, 1.82) is 0 Å². The highest BCUT2D eigenvalue weighted by Crippen LogP contribution is 2.30. The van der Waals surface area contributed by atoms with Gasteiger partial charge in [0, 0.05) is 25.0 Å². The third kappa shape index (κ3) is 9.70. The Bertz CT molecular complexity index is 1800. The summed E-state index contributed by atoms with van der Waals surface area (Å²) in [5.74, 6) is -3.88. The van der Waals surface area contributed by atoms with Crippen molar-refractivity contribution in [3.63, 3.8) is 0 Å². The number of carbonyl (C=O) groups excluding carboxylic acids is 3. The van der Waals surface area contributed by atoms with E-state index in [2.05, 4.69) is 0 Å². The lowest BCUT2D eigenvalue weighted by Gasteiger charge is -2.12. The number of hydrogen-bond donors (Lipinski definition) is 0. The largest absolute Gasteiger partial charge is 0.496 e. The number of benzene rings is 4. The Kier molecular flexibility index (Phi) is 13.6. The van der Waals surface area contributed by atoms with Gasteiger partial charge in [0.2, 0.25) is 0 Å². The van der Waals surface area contributed by atoms with Crippen LogP contribution in [0, 0.1) is 23.3 Å². The Morgan fingerprint density at radius 1 is 0.681 bits per heavy atom. The van der Waals surface area contributed by atoms with Gasteiger partial charge in [0.05, 0.1) is 42.0 Å². The van der Waals surface area contributed by atoms with Crippen molar-refractivity contribution in [2.45, 2.75) is 26.2 Å². The van der Waals surface area contributed by atoms with Gasteiger partial charge in [-0.3, -0.25) is 14.4 Å². The predicted molar refractivity (Wildman–Crippen MR) is 170 cm³/mol. The summed E-state index contributed by atoms with van der Waals surface area (Å²) in [5, 5.41) is -0.979. The highest BCUT2D eigenvalue weighted by Gasteiger charge is 2.21. The average Bonchev–Trinajstić information content (AvgIpc) is 3.03. The number of esters is 1. The molecule has 47 heavy (non-hydrogen) atoms. The first-order valence-electron chi connectivity index (χ1n) is 13.8. The summed E-state index contributed by atoms with van der Waals surface area (Å²) in [5.41, 5.74) is 0.837. The van der Waals surface area contributed by atoms with Crippen LogP contribution in [0.2, 0.25) is 10.0 Å². The molecule has 0 aliphatic carbocycles. The summed E-state index contributed by atoms with van der Waals surface area (Å²) in [7, 11) is 2.70. The zero-order valence-electron chi connectivity index (χ0n) is 25.2. The van der Waals surface area contributed by atoms with Crippen LogP contribution in [0.3, 0.4) is 0 Å². The molecule has 6 nitrogen and oxygen atoms in total. The molecule has 0 saturated heterocycles. The minimum Gasteiger partial charge on any atom is -0.496 e. The van der Waals surface area contributed by atoms with Gasteiger partial charge in [0.1, 0.15) is 41.2 Å². The second-order valence-electron chi connectivity index (χ2n) is 9.75. The van der Waals surface area contributed by atoms with Gasteiger partial charge in [0.25, 0.3) is 5.24 Å². The SMILES string of the molecule is CCOC(=O)CC(=O)c1cc(Cc2cccc(Cl)c2F)c(OC)cc1F.COc1cc(F)c(C(=O)Cl)cc1Cc1cccc(Cl)c1F. The lowest BCUT2D eigenvalue weighted by atomic mass is 9.98. The third-order valence-corrected chi connectivity index (χ3v) is 7.47. The van der Waals surface area contributed by atoms with E-state index in [9.17, 15) is 31.9 Å². The number of ketones is 1. The van der Waals surface area contributed by atoms with E-state index in [1.807, 2.05) is 0 Å². The van der Waals surface area contributed by atoms with Crippen molar-refractivity contribution in [1.82, 2.24) is 0 Å². The number of hydrogen-bond acceptors (Lipinski definition) is 6. The van der Waals surface area contributed by atoms with Gasteiger partial charge >= 0.3 is 5.97 Å². The van der Waals surface area contributed by atoms with Gasteiger partial charge in [-0.15, -0.1) is 0 Å². The maximum atomic E-state index is 14.2. The molecule has 0 atom stereocenters. The van der Waals surface area contributed by atoms with Crippen LogP contribution in [0.25, 0.3) is 0 Å². The molecule has 0 fully saturated rings. The number of halogens is 7. The van der Waals surface area contributed by atoms with Crippen molar-refractivity contribution in [3.8, 4) is 11.5 Å². The first-order chi connectivity index (χ1) is 22.3. The van der Waals surface area contributed by atoms with E-state index in [-0.39, 0.29) is 57.7 Å². The first kappa shape index (κ1) is 37.3. The fourth-order valence-corrected chi connectivity index (χ4v) is 4.97. The van der Waals surface area contributed by atoms with Crippen molar-refractivity contribution in [3.05, 3.63) is 127 Å². The fraction of sp³-hybridized carbons (Fsp3) is 0.206. The van der Waals surface area contributed by atoms with Gasteiger partial charge in [-0.25, -0.2) is 17.6 Å². The molecular formula is C34H27Cl3F4O6. The molecule has 0 heterocycles. The minimum absolute atomic E-state index is 0.0118. The Morgan fingerprint density at radius 3 is 1.55 bits per heavy atom. The summed E-state index contributed by atoms with van der Waals surface area (Å²) in [4.78, 5) is 34.8. The quantitative estimate of drug-likeness (QED) is 0.0508. The molecule has 0 aliphatic rings. The molecule has 0 aliphatic heterocycles. The monoisotopic (exact) mass is 712 g/mol. The maximum Gasteiger partial charge on any atom is 0.313 e. The minimum atomic E-state index is -0.928. The van der Waals surface area contributed by atoms with Gasteiger partial charge < -0.3 is 14.2 Å². The van der Waals surface area contributed by atoms with Crippen LogP contribution in [0.4, 0.5) is 17.6 Å². The van der Waals surface area contributed by atoms with Crippen LogP contribution in [-0.4, -0.2) is 37.8 Å². The smallest absolute Gasteiger partial charge is 0.313 e. The van der Waals surface area contributed by atoms with E-state index in [1.165, 1.54) is 44.6 Å². The lowest BCUT2D eigenvalue weighted by Crippen LogP contribution is -2.13. The molecule has 4 rings (SSSR count). The Morgan fingerprint density at radius 2 is 1.13 bits per heavy atom. The topological polar surface area (TPSA) is 78.9 Å². The van der Waals surface area contributed by atoms with Crippen molar-refractivity contribution in [2.24, 2.45) is 0 Å². The molecule has 0 bridgehead atoms. The highest BCUT2D eigenvalue weighted by atomic mass is 35.5. The van der Waals surface area contributed by atoms with E-state index in [4.69, 9.17) is 49.0 Å². The van der Waals surface area contributed by atoms with Gasteiger partial charge in [-0.2, -0.15) is 0 Å². The lowest BCUT2D eigenvalue weighted by molar-refractivity contribution is -0.141. The molecule has 0 aromatic heterocycles. The summed E-state index contributed by atoms with van der Waals surface area (Å²) < 4.78 is 70.9. The number of rotatable bonds is 11. The Labute approximate surface area is 283 Å². The average molecular weight is 714 g/mol. The van der Waals surface area contributed by atoms with E-state index in [0.29, 0.717) is 16.7 Å². The van der Waals surface area contributed by atoms with Crippen molar-refractivity contribution in [2.75, 3.05) is 20.8 Å². The summed E-state index contributed by atoms with van der Waals surface area (Å²) in [6, 6.07) is 13.7. The highest BCUT2D eigenvalue weighted by molar-refractivity contribution is 6.67. The number of carbonyl (C=O) groups is 3. The van der Waals surface area contributed by atoms with E-state index in [1.54, 1.807) is 25.1 Å². The van der Waals surface area contributed by atoms with Crippen LogP contribution in [0.1, 0.15) is 56.3 Å². The summed E-state index contributed by atoms with van der Waals surface area (Å²) in [6.45, 7) is 1.73. The second-order valence-corrected chi connectivity index (χ2v) is 10.9. The van der Waals surface area contributed by atoms with Crippen LogP contribution >= 0.6 is 34.8 Å². The molecule has 0 N–H and O–H groups in total. The molecule has 13 heteroatoms. The van der Waals surface area contributed by atoms with E-state index >= 15 is 0 Å². The van der Waals surface area contributed by atoms with E-state index < -0.39 is 46.7 Å². The molecule has 0 spiro atoms. The van der Waals surface area contributed by atoms with Gasteiger partial charge in [0.15, 0.2) is 5.78 Å². The normalized spacial score (nSPS) is 10.5. The van der Waals surface area contributed by atoms with Crippen LogP contribution < -0.4 is 9.47 Å². The molecule has 248 valence electrons. The number of Topliss-reactive ketones (excluding diaryl/α,β-unsaturated/α-hetero) is 1.